The Kier molecular flexibility index (Phi) is 22.9. The molecule has 0 aromatic rings. The molecule has 0 N–H and O–H groups in total. The fraction of sp³-hybridized carbons (Fsp3) is 0.619. The second-order valence-corrected chi connectivity index (χ2v) is 14.2. The third-order valence-electron chi connectivity index (χ3n) is 8.31. The first-order chi connectivity index (χ1) is 20.7. The van der Waals surface area contributed by atoms with Crippen LogP contribution >= 0.6 is 0 Å². The second kappa shape index (κ2) is 24.1. The molecule has 44 heavy (non-hydrogen) atoms. The van der Waals surface area contributed by atoms with Gasteiger partial charge in [0.15, 0.2) is 0 Å². The zero-order valence-electron chi connectivity index (χ0n) is 30.9. The average Bonchev–Trinajstić information content (AvgIpc) is 2.95. The molecule has 0 saturated carbocycles. The standard InChI is InChI=1S/C42H70O2/c1-35(23-15-25-37(3)27-17-29-39(5)31-19-33-41(7,8)43-11)21-13-14-22-36(2)24-16-26-38(4)28-18-30-40(6)32-20-34-42(9,10)44-12/h15-17,19-20,23-27,29,31-32,35-36,40H,13-14,18,21-22,28,30,33-34H2,1-12H3/b23-15+,24-16+,27-17+,31-19+,32-20+,37-25+,38-26+,39-29+. The molecule has 0 aliphatic heterocycles. The summed E-state index contributed by atoms with van der Waals surface area (Å²) in [6.07, 6.45) is 39.8. The molecule has 0 fully saturated rings. The molecule has 0 bridgehead atoms. The second-order valence-electron chi connectivity index (χ2n) is 14.2. The molecule has 3 unspecified atom stereocenters. The van der Waals surface area contributed by atoms with E-state index < -0.39 is 0 Å². The Balaban J connectivity index is 4.26. The fourth-order valence-corrected chi connectivity index (χ4v) is 4.56. The van der Waals surface area contributed by atoms with Gasteiger partial charge in [-0.15, -0.1) is 0 Å². The van der Waals surface area contributed by atoms with Gasteiger partial charge in [0.1, 0.15) is 0 Å². The molecule has 2 nitrogen and oxygen atoms in total. The van der Waals surface area contributed by atoms with E-state index >= 15 is 0 Å². The van der Waals surface area contributed by atoms with Gasteiger partial charge in [0.25, 0.3) is 0 Å². The molecule has 0 radical (unpaired) electrons. The largest absolute Gasteiger partial charge is 0.378 e. The van der Waals surface area contributed by atoms with Crippen molar-refractivity contribution in [3.8, 4) is 0 Å². The predicted molar refractivity (Wildman–Crippen MR) is 198 cm³/mol. The van der Waals surface area contributed by atoms with E-state index in [9.17, 15) is 0 Å². The summed E-state index contributed by atoms with van der Waals surface area (Å²) in [5.74, 6) is 1.87. The van der Waals surface area contributed by atoms with Crippen LogP contribution in [0, 0.1) is 17.8 Å². The first-order valence-corrected chi connectivity index (χ1v) is 17.2. The summed E-state index contributed by atoms with van der Waals surface area (Å²) < 4.78 is 11.0. The molecule has 0 aromatic carbocycles. The minimum atomic E-state index is -0.109. The summed E-state index contributed by atoms with van der Waals surface area (Å²) in [6.45, 7) is 22.0. The Morgan fingerprint density at radius 1 is 0.568 bits per heavy atom. The number of methoxy groups -OCH3 is 2. The van der Waals surface area contributed by atoms with Crippen molar-refractivity contribution in [3.05, 3.63) is 95.7 Å². The SMILES string of the molecule is COC(C)(C)C/C=C/C(C)=C/C=C/C(C)=C/C=C/C(C)CCCCC(C)/C=C/C=C(\C)CCCC(C)/C=C/CC(C)(C)OC. The molecule has 0 heterocycles. The molecule has 0 rings (SSSR count). The quantitative estimate of drug-likeness (QED) is 0.0654. The van der Waals surface area contributed by atoms with Crippen molar-refractivity contribution in [1.29, 1.82) is 0 Å². The van der Waals surface area contributed by atoms with Crippen LogP contribution in [0.2, 0.25) is 0 Å². The van der Waals surface area contributed by atoms with Gasteiger partial charge in [0.2, 0.25) is 0 Å². The van der Waals surface area contributed by atoms with E-state index in [-0.39, 0.29) is 11.2 Å². The Labute approximate surface area is 274 Å². The van der Waals surface area contributed by atoms with Crippen LogP contribution in [-0.4, -0.2) is 25.4 Å². The normalized spacial score (nSPS) is 16.9. The lowest BCUT2D eigenvalue weighted by Gasteiger charge is -2.20. The highest BCUT2D eigenvalue weighted by atomic mass is 16.5. The first-order valence-electron chi connectivity index (χ1n) is 17.2. The molecule has 0 amide bonds. The summed E-state index contributed by atoms with van der Waals surface area (Å²) >= 11 is 0. The van der Waals surface area contributed by atoms with Crippen molar-refractivity contribution < 1.29 is 9.47 Å². The van der Waals surface area contributed by atoms with Crippen LogP contribution in [0.1, 0.15) is 127 Å². The average molecular weight is 607 g/mol. The van der Waals surface area contributed by atoms with Crippen molar-refractivity contribution in [1.82, 2.24) is 0 Å². The Morgan fingerprint density at radius 3 is 1.59 bits per heavy atom. The molecule has 2 heteroatoms. The van der Waals surface area contributed by atoms with Crippen LogP contribution in [0.25, 0.3) is 0 Å². The van der Waals surface area contributed by atoms with E-state index in [1.807, 2.05) is 0 Å². The van der Waals surface area contributed by atoms with Gasteiger partial charge in [-0.2, -0.15) is 0 Å². The summed E-state index contributed by atoms with van der Waals surface area (Å²) in [5.41, 5.74) is 3.80. The maximum atomic E-state index is 5.49. The van der Waals surface area contributed by atoms with Crippen LogP contribution in [-0.2, 0) is 9.47 Å². The van der Waals surface area contributed by atoms with Crippen LogP contribution in [0.4, 0.5) is 0 Å². The summed E-state index contributed by atoms with van der Waals surface area (Å²) in [6, 6.07) is 0. The summed E-state index contributed by atoms with van der Waals surface area (Å²) in [4.78, 5) is 0. The van der Waals surface area contributed by atoms with Crippen molar-refractivity contribution in [2.75, 3.05) is 14.2 Å². The van der Waals surface area contributed by atoms with Crippen molar-refractivity contribution >= 4 is 0 Å². The van der Waals surface area contributed by atoms with Gasteiger partial charge in [-0.3, -0.25) is 0 Å². The highest BCUT2D eigenvalue weighted by molar-refractivity contribution is 5.28. The molecule has 0 spiro atoms. The van der Waals surface area contributed by atoms with Crippen LogP contribution < -0.4 is 0 Å². The Bertz CT molecular complexity index is 993. The van der Waals surface area contributed by atoms with Gasteiger partial charge >= 0.3 is 0 Å². The number of unbranched alkanes of at least 4 members (excludes halogenated alkanes) is 1. The van der Waals surface area contributed by atoms with E-state index in [4.69, 9.17) is 9.47 Å². The Hall–Kier alpha value is -2.16. The van der Waals surface area contributed by atoms with Gasteiger partial charge in [-0.25, -0.2) is 0 Å². The molecule has 0 aliphatic carbocycles. The van der Waals surface area contributed by atoms with E-state index in [0.29, 0.717) is 17.8 Å². The van der Waals surface area contributed by atoms with Crippen LogP contribution in [0.5, 0.6) is 0 Å². The molecule has 0 saturated heterocycles. The zero-order chi connectivity index (χ0) is 33.4. The maximum Gasteiger partial charge on any atom is 0.0657 e. The number of hydrogen-bond donors (Lipinski definition) is 0. The van der Waals surface area contributed by atoms with Gasteiger partial charge in [0, 0.05) is 14.2 Å². The van der Waals surface area contributed by atoms with Crippen molar-refractivity contribution in [2.45, 2.75) is 138 Å². The number of hydrogen-bond acceptors (Lipinski definition) is 2. The maximum absolute atomic E-state index is 5.49. The van der Waals surface area contributed by atoms with E-state index in [2.05, 4.69) is 148 Å². The molecular formula is C42H70O2. The van der Waals surface area contributed by atoms with Gasteiger partial charge < -0.3 is 9.47 Å². The predicted octanol–water partition coefficient (Wildman–Crippen LogP) is 12.9. The highest BCUT2D eigenvalue weighted by Crippen LogP contribution is 2.19. The first kappa shape index (κ1) is 41.8. The lowest BCUT2D eigenvalue weighted by molar-refractivity contribution is 0.0251. The van der Waals surface area contributed by atoms with Crippen LogP contribution in [0.3, 0.4) is 0 Å². The van der Waals surface area contributed by atoms with Crippen molar-refractivity contribution in [3.63, 3.8) is 0 Å². The molecule has 0 aliphatic rings. The van der Waals surface area contributed by atoms with E-state index in [1.165, 1.54) is 61.7 Å². The Morgan fingerprint density at radius 2 is 1.02 bits per heavy atom. The third kappa shape index (κ3) is 25.2. The number of allylic oxidation sites excluding steroid dienone is 14. The zero-order valence-corrected chi connectivity index (χ0v) is 30.9. The summed E-state index contributed by atoms with van der Waals surface area (Å²) in [5, 5.41) is 0. The molecule has 3 atom stereocenters. The minimum absolute atomic E-state index is 0.0665. The van der Waals surface area contributed by atoms with Gasteiger partial charge in [-0.1, -0.05) is 129 Å². The van der Waals surface area contributed by atoms with E-state index in [0.717, 1.165) is 12.8 Å². The molecule has 0 aromatic heterocycles. The van der Waals surface area contributed by atoms with Crippen molar-refractivity contribution in [2.24, 2.45) is 17.8 Å². The lowest BCUT2D eigenvalue weighted by atomic mass is 9.97. The summed E-state index contributed by atoms with van der Waals surface area (Å²) in [7, 11) is 3.55. The smallest absolute Gasteiger partial charge is 0.0657 e. The monoisotopic (exact) mass is 607 g/mol. The van der Waals surface area contributed by atoms with Gasteiger partial charge in [0.05, 0.1) is 11.2 Å². The van der Waals surface area contributed by atoms with Crippen LogP contribution in [0.15, 0.2) is 95.7 Å². The molecular weight excluding hydrogens is 536 g/mol. The topological polar surface area (TPSA) is 18.5 Å². The highest BCUT2D eigenvalue weighted by Gasteiger charge is 2.14. The molecule has 250 valence electrons. The number of rotatable bonds is 23. The van der Waals surface area contributed by atoms with E-state index in [1.54, 1.807) is 14.2 Å². The van der Waals surface area contributed by atoms with Gasteiger partial charge in [-0.05, 0) is 111 Å². The number of ether oxygens (including phenoxy) is 2. The lowest BCUT2D eigenvalue weighted by Crippen LogP contribution is -2.20. The third-order valence-corrected chi connectivity index (χ3v) is 8.31. The minimum Gasteiger partial charge on any atom is -0.378 e. The fourth-order valence-electron chi connectivity index (χ4n) is 4.56.